The average molecular weight is 207 g/mol. The third kappa shape index (κ3) is 2.30. The number of anilines is 1. The Hall–Kier alpha value is -0.840. The molecule has 1 aromatic carbocycles. The number of halogens is 3. The van der Waals surface area contributed by atoms with E-state index in [1.54, 1.807) is 0 Å². The monoisotopic (exact) mass is 207 g/mol. The maximum absolute atomic E-state index is 12.1. The van der Waals surface area contributed by atoms with Crippen molar-refractivity contribution in [3.63, 3.8) is 0 Å². The van der Waals surface area contributed by atoms with Gasteiger partial charge in [0.05, 0.1) is 5.56 Å². The number of thiol groups is 1. The Kier molecular flexibility index (Phi) is 2.75. The fourth-order valence-corrected chi connectivity index (χ4v) is 1.20. The van der Waals surface area contributed by atoms with Gasteiger partial charge in [-0.05, 0) is 17.7 Å². The molecule has 1 nitrogen and oxygen atoms in total. The Morgan fingerprint density at radius 1 is 1.31 bits per heavy atom. The molecule has 0 bridgehead atoms. The summed E-state index contributed by atoms with van der Waals surface area (Å²) < 4.78 is 36.4. The van der Waals surface area contributed by atoms with Crippen LogP contribution in [0.4, 0.5) is 18.9 Å². The predicted molar refractivity (Wildman–Crippen MR) is 48.5 cm³/mol. The zero-order valence-corrected chi connectivity index (χ0v) is 7.49. The molecule has 13 heavy (non-hydrogen) atoms. The summed E-state index contributed by atoms with van der Waals surface area (Å²) >= 11 is 3.93. The van der Waals surface area contributed by atoms with Crippen LogP contribution in [0, 0.1) is 0 Å². The van der Waals surface area contributed by atoms with E-state index in [9.17, 15) is 13.2 Å². The van der Waals surface area contributed by atoms with Gasteiger partial charge in [0.25, 0.3) is 0 Å². The van der Waals surface area contributed by atoms with Crippen LogP contribution in [-0.2, 0) is 11.9 Å². The molecule has 0 heterocycles. The zero-order chi connectivity index (χ0) is 10.1. The first-order valence-corrected chi connectivity index (χ1v) is 4.15. The minimum atomic E-state index is -4.33. The molecule has 5 heteroatoms. The second-order valence-corrected chi connectivity index (χ2v) is 2.89. The van der Waals surface area contributed by atoms with E-state index >= 15 is 0 Å². The molecule has 0 aliphatic heterocycles. The van der Waals surface area contributed by atoms with Crippen molar-refractivity contribution in [2.75, 3.05) is 5.73 Å². The van der Waals surface area contributed by atoms with Crippen molar-refractivity contribution in [2.24, 2.45) is 0 Å². The maximum Gasteiger partial charge on any atom is 0.416 e. The summed E-state index contributed by atoms with van der Waals surface area (Å²) in [5.74, 6) is 0.337. The fraction of sp³-hybridized carbons (Fsp3) is 0.250. The predicted octanol–water partition coefficient (Wildman–Crippen LogP) is 2.72. The number of hydrogen-bond donors (Lipinski definition) is 2. The molecule has 0 aromatic heterocycles. The van der Waals surface area contributed by atoms with Gasteiger partial charge in [-0.25, -0.2) is 0 Å². The van der Waals surface area contributed by atoms with Crippen molar-refractivity contribution in [3.8, 4) is 0 Å². The molecule has 0 amide bonds. The molecule has 0 radical (unpaired) electrons. The number of hydrogen-bond acceptors (Lipinski definition) is 2. The molecule has 0 saturated heterocycles. The Bertz CT molecular complexity index is 309. The molecule has 2 N–H and O–H groups in total. The lowest BCUT2D eigenvalue weighted by Gasteiger charge is -2.09. The first-order chi connectivity index (χ1) is 5.95. The summed E-state index contributed by atoms with van der Waals surface area (Å²) in [6.07, 6.45) is -4.33. The molecule has 1 rings (SSSR count). The summed E-state index contributed by atoms with van der Waals surface area (Å²) in [7, 11) is 0. The molecular formula is C8H8F3NS. The molecule has 0 saturated carbocycles. The van der Waals surface area contributed by atoms with Crippen LogP contribution in [0.1, 0.15) is 11.1 Å². The van der Waals surface area contributed by atoms with Crippen LogP contribution in [0.15, 0.2) is 18.2 Å². The van der Waals surface area contributed by atoms with Crippen LogP contribution in [0.2, 0.25) is 0 Å². The number of alkyl halides is 3. The lowest BCUT2D eigenvalue weighted by Crippen LogP contribution is -2.06. The normalized spacial score (nSPS) is 11.7. The summed E-state index contributed by atoms with van der Waals surface area (Å²) in [5, 5.41) is 0. The molecule has 0 aliphatic carbocycles. The van der Waals surface area contributed by atoms with Crippen molar-refractivity contribution < 1.29 is 13.2 Å². The molecule has 72 valence electrons. The van der Waals surface area contributed by atoms with E-state index in [4.69, 9.17) is 5.73 Å². The van der Waals surface area contributed by atoms with Gasteiger partial charge in [0, 0.05) is 11.4 Å². The van der Waals surface area contributed by atoms with Crippen molar-refractivity contribution in [3.05, 3.63) is 29.3 Å². The highest BCUT2D eigenvalue weighted by Crippen LogP contribution is 2.31. The van der Waals surface area contributed by atoms with E-state index in [1.807, 2.05) is 0 Å². The largest absolute Gasteiger partial charge is 0.416 e. The molecule has 0 fully saturated rings. The highest BCUT2D eigenvalue weighted by atomic mass is 32.1. The summed E-state index contributed by atoms with van der Waals surface area (Å²) in [4.78, 5) is 0. The van der Waals surface area contributed by atoms with Crippen molar-refractivity contribution in [1.29, 1.82) is 0 Å². The van der Waals surface area contributed by atoms with Gasteiger partial charge in [-0.1, -0.05) is 6.07 Å². The van der Waals surface area contributed by atoms with E-state index in [0.717, 1.165) is 12.1 Å². The van der Waals surface area contributed by atoms with E-state index in [-0.39, 0.29) is 5.69 Å². The summed E-state index contributed by atoms with van der Waals surface area (Å²) in [6.45, 7) is 0. The van der Waals surface area contributed by atoms with Crippen molar-refractivity contribution in [1.82, 2.24) is 0 Å². The van der Waals surface area contributed by atoms with E-state index in [2.05, 4.69) is 12.6 Å². The van der Waals surface area contributed by atoms with Crippen LogP contribution < -0.4 is 5.73 Å². The summed E-state index contributed by atoms with van der Waals surface area (Å²) in [6, 6.07) is 3.26. The first-order valence-electron chi connectivity index (χ1n) is 3.51. The van der Waals surface area contributed by atoms with Gasteiger partial charge in [0.2, 0.25) is 0 Å². The van der Waals surface area contributed by atoms with Gasteiger partial charge in [-0.15, -0.1) is 0 Å². The summed E-state index contributed by atoms with van der Waals surface area (Å²) in [5.41, 5.74) is 5.39. The standard InChI is InChI=1S/C8H8F3NS/c9-8(10,11)6-2-1-5(4-13)7(12)3-6/h1-3,13H,4,12H2. The molecule has 0 spiro atoms. The SMILES string of the molecule is Nc1cc(C(F)(F)F)ccc1CS. The maximum atomic E-state index is 12.1. The Morgan fingerprint density at radius 3 is 2.31 bits per heavy atom. The number of benzene rings is 1. The molecule has 0 unspecified atom stereocenters. The second-order valence-electron chi connectivity index (χ2n) is 2.57. The van der Waals surface area contributed by atoms with Crippen LogP contribution in [0.25, 0.3) is 0 Å². The number of nitrogen functional groups attached to an aromatic ring is 1. The topological polar surface area (TPSA) is 26.0 Å². The van der Waals surface area contributed by atoms with Gasteiger partial charge in [0.15, 0.2) is 0 Å². The van der Waals surface area contributed by atoms with Gasteiger partial charge in [-0.3, -0.25) is 0 Å². The third-order valence-corrected chi connectivity index (χ3v) is 1.98. The lowest BCUT2D eigenvalue weighted by molar-refractivity contribution is -0.137. The van der Waals surface area contributed by atoms with Gasteiger partial charge < -0.3 is 5.73 Å². The van der Waals surface area contributed by atoms with E-state index in [0.29, 0.717) is 11.3 Å². The van der Waals surface area contributed by atoms with Crippen molar-refractivity contribution in [2.45, 2.75) is 11.9 Å². The van der Waals surface area contributed by atoms with Crippen LogP contribution in [0.3, 0.4) is 0 Å². The Balaban J connectivity index is 3.10. The van der Waals surface area contributed by atoms with Crippen molar-refractivity contribution >= 4 is 18.3 Å². The Labute approximate surface area is 79.2 Å². The smallest absolute Gasteiger partial charge is 0.398 e. The quantitative estimate of drug-likeness (QED) is 0.537. The average Bonchev–Trinajstić information content (AvgIpc) is 2.02. The highest BCUT2D eigenvalue weighted by molar-refractivity contribution is 7.79. The van der Waals surface area contributed by atoms with Crippen LogP contribution >= 0.6 is 12.6 Å². The van der Waals surface area contributed by atoms with E-state index < -0.39 is 11.7 Å². The van der Waals surface area contributed by atoms with Gasteiger partial charge in [-0.2, -0.15) is 25.8 Å². The zero-order valence-electron chi connectivity index (χ0n) is 6.60. The van der Waals surface area contributed by atoms with Gasteiger partial charge >= 0.3 is 6.18 Å². The molecule has 0 atom stereocenters. The molecular weight excluding hydrogens is 199 g/mol. The second kappa shape index (κ2) is 3.49. The van der Waals surface area contributed by atoms with Crippen LogP contribution in [0.5, 0.6) is 0 Å². The lowest BCUT2D eigenvalue weighted by atomic mass is 10.1. The van der Waals surface area contributed by atoms with Crippen LogP contribution in [-0.4, -0.2) is 0 Å². The highest BCUT2D eigenvalue weighted by Gasteiger charge is 2.30. The number of rotatable bonds is 1. The minimum absolute atomic E-state index is 0.129. The third-order valence-electron chi connectivity index (χ3n) is 1.64. The minimum Gasteiger partial charge on any atom is -0.398 e. The first kappa shape index (κ1) is 10.2. The molecule has 1 aromatic rings. The number of nitrogens with two attached hydrogens (primary N) is 1. The van der Waals surface area contributed by atoms with E-state index in [1.165, 1.54) is 6.07 Å². The Morgan fingerprint density at radius 2 is 1.92 bits per heavy atom. The molecule has 0 aliphatic rings. The fourth-order valence-electron chi connectivity index (χ4n) is 0.915. The van der Waals surface area contributed by atoms with Gasteiger partial charge in [0.1, 0.15) is 0 Å².